The number of benzene rings is 2. The molecule has 0 spiro atoms. The van der Waals surface area contributed by atoms with E-state index in [1.165, 1.54) is 4.68 Å². The van der Waals surface area contributed by atoms with E-state index in [1.807, 2.05) is 26.0 Å². The number of nitrogens with one attached hydrogen (secondary N) is 1. The second-order valence-electron chi connectivity index (χ2n) is 6.60. The Bertz CT molecular complexity index is 1040. The third-order valence-corrected chi connectivity index (χ3v) is 4.66. The van der Waals surface area contributed by atoms with E-state index in [1.54, 1.807) is 42.5 Å². The predicted octanol–water partition coefficient (Wildman–Crippen LogP) is 4.99. The lowest BCUT2D eigenvalue weighted by molar-refractivity contribution is -0.116. The average molecular weight is 396 g/mol. The Labute approximate surface area is 169 Å². The summed E-state index contributed by atoms with van der Waals surface area (Å²) in [5.41, 5.74) is 3.37. The topological polar surface area (TPSA) is 64.0 Å². The predicted molar refractivity (Wildman–Crippen MR) is 113 cm³/mol. The molecule has 6 heteroatoms. The van der Waals surface area contributed by atoms with Crippen LogP contribution < -0.4 is 10.9 Å². The first kappa shape index (κ1) is 19.8. The molecule has 28 heavy (non-hydrogen) atoms. The number of amides is 1. The SMILES string of the molecule is CCCCC(=O)Nc1cccc(-n2nc(C)c(-c3ccc(Cl)cc3)cc2=O)c1. The summed E-state index contributed by atoms with van der Waals surface area (Å²) in [7, 11) is 0. The second-order valence-corrected chi connectivity index (χ2v) is 7.04. The van der Waals surface area contributed by atoms with Crippen LogP contribution in [-0.2, 0) is 4.79 Å². The number of aryl methyl sites for hydroxylation is 1. The number of anilines is 1. The fraction of sp³-hybridized carbons (Fsp3) is 0.227. The van der Waals surface area contributed by atoms with Gasteiger partial charge >= 0.3 is 0 Å². The van der Waals surface area contributed by atoms with Crippen LogP contribution in [0.2, 0.25) is 5.02 Å². The Morgan fingerprint density at radius 2 is 1.89 bits per heavy atom. The van der Waals surface area contributed by atoms with Gasteiger partial charge in [0.2, 0.25) is 5.91 Å². The molecule has 0 saturated heterocycles. The van der Waals surface area contributed by atoms with Crippen molar-refractivity contribution in [2.24, 2.45) is 0 Å². The minimum atomic E-state index is -0.245. The van der Waals surface area contributed by atoms with Crippen LogP contribution in [0.15, 0.2) is 59.4 Å². The lowest BCUT2D eigenvalue weighted by atomic mass is 10.1. The Balaban J connectivity index is 1.91. The lowest BCUT2D eigenvalue weighted by Crippen LogP contribution is -2.22. The molecule has 1 heterocycles. The summed E-state index contributed by atoms with van der Waals surface area (Å²) in [6, 6.07) is 16.0. The summed E-state index contributed by atoms with van der Waals surface area (Å²) >= 11 is 5.94. The summed E-state index contributed by atoms with van der Waals surface area (Å²) < 4.78 is 1.34. The van der Waals surface area contributed by atoms with Crippen molar-refractivity contribution < 1.29 is 4.79 Å². The van der Waals surface area contributed by atoms with E-state index in [0.717, 1.165) is 29.7 Å². The van der Waals surface area contributed by atoms with Crippen molar-refractivity contribution in [3.05, 3.63) is 75.7 Å². The molecule has 0 unspecified atom stereocenters. The number of carbonyl (C=O) groups excluding carboxylic acids is 1. The van der Waals surface area contributed by atoms with Crippen LogP contribution in [0.4, 0.5) is 5.69 Å². The highest BCUT2D eigenvalue weighted by molar-refractivity contribution is 6.30. The molecule has 2 aromatic carbocycles. The molecule has 0 aliphatic rings. The lowest BCUT2D eigenvalue weighted by Gasteiger charge is -2.11. The number of unbranched alkanes of at least 4 members (excludes halogenated alkanes) is 1. The van der Waals surface area contributed by atoms with Gasteiger partial charge in [-0.3, -0.25) is 9.59 Å². The first-order chi connectivity index (χ1) is 13.5. The van der Waals surface area contributed by atoms with Gasteiger partial charge in [0.15, 0.2) is 0 Å². The van der Waals surface area contributed by atoms with Gasteiger partial charge in [0.25, 0.3) is 5.56 Å². The van der Waals surface area contributed by atoms with Gasteiger partial charge in [-0.1, -0.05) is 43.1 Å². The molecule has 0 aliphatic heterocycles. The minimum Gasteiger partial charge on any atom is -0.326 e. The van der Waals surface area contributed by atoms with Crippen molar-refractivity contribution in [2.45, 2.75) is 33.1 Å². The van der Waals surface area contributed by atoms with Crippen LogP contribution in [0.5, 0.6) is 0 Å². The molecule has 3 aromatic rings. The first-order valence-electron chi connectivity index (χ1n) is 9.25. The molecule has 1 amide bonds. The number of hydrogen-bond acceptors (Lipinski definition) is 3. The highest BCUT2D eigenvalue weighted by atomic mass is 35.5. The molecule has 1 N–H and O–H groups in total. The third kappa shape index (κ3) is 4.67. The number of halogens is 1. The largest absolute Gasteiger partial charge is 0.326 e. The normalized spacial score (nSPS) is 10.7. The molecule has 0 fully saturated rings. The van der Waals surface area contributed by atoms with Crippen molar-refractivity contribution in [3.8, 4) is 16.8 Å². The maximum atomic E-state index is 12.7. The van der Waals surface area contributed by atoms with Crippen molar-refractivity contribution >= 4 is 23.2 Å². The van der Waals surface area contributed by atoms with Crippen LogP contribution >= 0.6 is 11.6 Å². The molecule has 3 rings (SSSR count). The monoisotopic (exact) mass is 395 g/mol. The zero-order valence-corrected chi connectivity index (χ0v) is 16.7. The summed E-state index contributed by atoms with van der Waals surface area (Å²) in [4.78, 5) is 24.7. The number of nitrogens with zero attached hydrogens (tertiary/aromatic N) is 2. The Kier molecular flexibility index (Phi) is 6.26. The highest BCUT2D eigenvalue weighted by Gasteiger charge is 2.10. The van der Waals surface area contributed by atoms with Crippen molar-refractivity contribution in [2.75, 3.05) is 5.32 Å². The van der Waals surface area contributed by atoms with Crippen molar-refractivity contribution in [1.82, 2.24) is 9.78 Å². The van der Waals surface area contributed by atoms with E-state index in [9.17, 15) is 9.59 Å². The van der Waals surface area contributed by atoms with Crippen LogP contribution in [0, 0.1) is 6.92 Å². The van der Waals surface area contributed by atoms with Gasteiger partial charge in [-0.05, 0) is 49.2 Å². The van der Waals surface area contributed by atoms with E-state index < -0.39 is 0 Å². The van der Waals surface area contributed by atoms with Crippen LogP contribution in [0.25, 0.3) is 16.8 Å². The smallest absolute Gasteiger partial charge is 0.272 e. The molecular formula is C22H22ClN3O2. The average Bonchev–Trinajstić information content (AvgIpc) is 2.69. The molecule has 0 aliphatic carbocycles. The van der Waals surface area contributed by atoms with Crippen LogP contribution in [0.1, 0.15) is 31.9 Å². The zero-order valence-electron chi connectivity index (χ0n) is 15.9. The maximum absolute atomic E-state index is 12.7. The van der Waals surface area contributed by atoms with E-state index in [-0.39, 0.29) is 11.5 Å². The van der Waals surface area contributed by atoms with Gasteiger partial charge in [0, 0.05) is 28.8 Å². The Hall–Kier alpha value is -2.92. The third-order valence-electron chi connectivity index (χ3n) is 4.40. The molecule has 1 aromatic heterocycles. The zero-order chi connectivity index (χ0) is 20.1. The quantitative estimate of drug-likeness (QED) is 0.639. The standard InChI is InChI=1S/C22H22ClN3O2/c1-3-4-8-21(27)24-18-6-5-7-19(13-18)26-22(28)14-20(15(2)25-26)16-9-11-17(23)12-10-16/h5-7,9-14H,3-4,8H2,1-2H3,(H,24,27). The molecule has 144 valence electrons. The van der Waals surface area contributed by atoms with Gasteiger partial charge in [-0.15, -0.1) is 0 Å². The summed E-state index contributed by atoms with van der Waals surface area (Å²) in [6.07, 6.45) is 2.29. The molecule has 0 saturated carbocycles. The molecule has 0 bridgehead atoms. The molecular weight excluding hydrogens is 374 g/mol. The van der Waals surface area contributed by atoms with Crippen molar-refractivity contribution in [3.63, 3.8) is 0 Å². The fourth-order valence-corrected chi connectivity index (χ4v) is 3.05. The van der Waals surface area contributed by atoms with E-state index in [4.69, 9.17) is 11.6 Å². The van der Waals surface area contributed by atoms with E-state index >= 15 is 0 Å². The molecule has 0 atom stereocenters. The minimum absolute atomic E-state index is 0.0337. The Morgan fingerprint density at radius 3 is 2.61 bits per heavy atom. The van der Waals surface area contributed by atoms with E-state index in [2.05, 4.69) is 10.4 Å². The summed E-state index contributed by atoms with van der Waals surface area (Å²) in [5, 5.41) is 7.98. The highest BCUT2D eigenvalue weighted by Crippen LogP contribution is 2.23. The second kappa shape index (κ2) is 8.85. The fourth-order valence-electron chi connectivity index (χ4n) is 2.93. The first-order valence-corrected chi connectivity index (χ1v) is 9.63. The molecule has 5 nitrogen and oxygen atoms in total. The molecule has 0 radical (unpaired) electrons. The van der Waals surface area contributed by atoms with Crippen molar-refractivity contribution in [1.29, 1.82) is 0 Å². The number of carbonyl (C=O) groups is 1. The number of hydrogen-bond donors (Lipinski definition) is 1. The van der Waals surface area contributed by atoms with E-state index in [0.29, 0.717) is 22.8 Å². The van der Waals surface area contributed by atoms with Gasteiger partial charge in [0.1, 0.15) is 0 Å². The Morgan fingerprint density at radius 1 is 1.14 bits per heavy atom. The summed E-state index contributed by atoms with van der Waals surface area (Å²) in [6.45, 7) is 3.90. The van der Waals surface area contributed by atoms with Crippen LogP contribution in [-0.4, -0.2) is 15.7 Å². The van der Waals surface area contributed by atoms with Gasteiger partial charge in [-0.2, -0.15) is 9.78 Å². The number of aromatic nitrogens is 2. The van der Waals surface area contributed by atoms with Gasteiger partial charge < -0.3 is 5.32 Å². The summed E-state index contributed by atoms with van der Waals surface area (Å²) in [5.74, 6) is -0.0337. The van der Waals surface area contributed by atoms with Gasteiger partial charge in [-0.25, -0.2) is 0 Å². The number of rotatable bonds is 6. The van der Waals surface area contributed by atoms with Crippen LogP contribution in [0.3, 0.4) is 0 Å². The maximum Gasteiger partial charge on any atom is 0.272 e. The van der Waals surface area contributed by atoms with Gasteiger partial charge in [0.05, 0.1) is 11.4 Å².